The molecular formula is C25H26N2O2S. The Kier molecular flexibility index (Phi) is 8.10. The van der Waals surface area contributed by atoms with Crippen LogP contribution in [0.2, 0.25) is 0 Å². The molecule has 0 saturated carbocycles. The Labute approximate surface area is 182 Å². The van der Waals surface area contributed by atoms with Crippen molar-refractivity contribution in [1.82, 2.24) is 0 Å². The van der Waals surface area contributed by atoms with E-state index in [0.717, 1.165) is 34.8 Å². The van der Waals surface area contributed by atoms with Crippen molar-refractivity contribution >= 4 is 40.6 Å². The highest BCUT2D eigenvalue weighted by Gasteiger charge is 2.17. The van der Waals surface area contributed by atoms with Crippen molar-refractivity contribution in [3.8, 4) is 0 Å². The van der Waals surface area contributed by atoms with E-state index in [0.29, 0.717) is 12.2 Å². The Balaban J connectivity index is 1.63. The third-order valence-corrected chi connectivity index (χ3v) is 5.53. The number of carbonyl (C=O) groups excluding carboxylic acids is 2. The maximum atomic E-state index is 13.1. The number of para-hydroxylation sites is 2. The maximum Gasteiger partial charge on any atom is 0.241 e. The average Bonchev–Trinajstić information content (AvgIpc) is 2.79. The summed E-state index contributed by atoms with van der Waals surface area (Å²) < 4.78 is 0. The van der Waals surface area contributed by atoms with Gasteiger partial charge in [0.2, 0.25) is 11.8 Å². The summed E-state index contributed by atoms with van der Waals surface area (Å²) in [4.78, 5) is 27.7. The first kappa shape index (κ1) is 21.7. The van der Waals surface area contributed by atoms with Gasteiger partial charge in [0, 0.05) is 28.4 Å². The molecule has 5 heteroatoms. The first-order chi connectivity index (χ1) is 14.7. The fourth-order valence-electron chi connectivity index (χ4n) is 3.00. The van der Waals surface area contributed by atoms with E-state index in [-0.39, 0.29) is 11.8 Å². The quantitative estimate of drug-likeness (QED) is 0.417. The molecule has 0 aliphatic heterocycles. The summed E-state index contributed by atoms with van der Waals surface area (Å²) in [5, 5.41) is 2.91. The number of unbranched alkanes of at least 4 members (excludes halogenated alkanes) is 1. The monoisotopic (exact) mass is 418 g/mol. The molecule has 0 aliphatic rings. The second-order valence-electron chi connectivity index (χ2n) is 6.87. The van der Waals surface area contributed by atoms with Crippen molar-refractivity contribution in [1.29, 1.82) is 0 Å². The zero-order valence-corrected chi connectivity index (χ0v) is 17.9. The number of carbonyl (C=O) groups is 2. The fourth-order valence-corrected chi connectivity index (χ4v) is 3.74. The minimum atomic E-state index is 0.00865. The Morgan fingerprint density at radius 2 is 1.40 bits per heavy atom. The van der Waals surface area contributed by atoms with E-state index in [1.54, 1.807) is 4.90 Å². The highest BCUT2D eigenvalue weighted by molar-refractivity contribution is 8.00. The van der Waals surface area contributed by atoms with E-state index in [1.165, 1.54) is 11.8 Å². The van der Waals surface area contributed by atoms with Crippen LogP contribution in [0.3, 0.4) is 0 Å². The lowest BCUT2D eigenvalue weighted by Gasteiger charge is -2.23. The SMILES string of the molecule is CCCCC(=O)Nc1ccc(SCC(=O)N(c2ccccc2)c2ccccc2)cc1. The molecule has 3 aromatic carbocycles. The lowest BCUT2D eigenvalue weighted by atomic mass is 10.2. The van der Waals surface area contributed by atoms with Gasteiger partial charge in [0.15, 0.2) is 0 Å². The minimum Gasteiger partial charge on any atom is -0.326 e. The van der Waals surface area contributed by atoms with E-state index in [9.17, 15) is 9.59 Å². The van der Waals surface area contributed by atoms with Crippen molar-refractivity contribution in [2.45, 2.75) is 31.1 Å². The number of benzene rings is 3. The Hall–Kier alpha value is -3.05. The van der Waals surface area contributed by atoms with Crippen LogP contribution in [-0.4, -0.2) is 17.6 Å². The molecule has 0 heterocycles. The molecule has 0 spiro atoms. The largest absolute Gasteiger partial charge is 0.326 e. The summed E-state index contributed by atoms with van der Waals surface area (Å²) in [5.74, 6) is 0.356. The van der Waals surface area contributed by atoms with Gasteiger partial charge in [-0.05, 0) is 55.0 Å². The van der Waals surface area contributed by atoms with Gasteiger partial charge in [-0.15, -0.1) is 11.8 Å². The second-order valence-corrected chi connectivity index (χ2v) is 7.91. The summed E-state index contributed by atoms with van der Waals surface area (Å²) in [6.45, 7) is 2.07. The Morgan fingerprint density at radius 3 is 1.93 bits per heavy atom. The summed E-state index contributed by atoms with van der Waals surface area (Å²) in [6, 6.07) is 27.0. The van der Waals surface area contributed by atoms with Gasteiger partial charge in [-0.25, -0.2) is 0 Å². The molecule has 0 unspecified atom stereocenters. The molecule has 0 bridgehead atoms. The standard InChI is InChI=1S/C25H26N2O2S/c1-2-3-14-24(28)26-20-15-17-23(18-16-20)30-19-25(29)27(21-10-6-4-7-11-21)22-12-8-5-9-13-22/h4-13,15-18H,2-3,14,19H2,1H3,(H,26,28). The van der Waals surface area contributed by atoms with Gasteiger partial charge >= 0.3 is 0 Å². The van der Waals surface area contributed by atoms with Crippen LogP contribution in [0, 0.1) is 0 Å². The number of thioether (sulfide) groups is 1. The molecule has 3 aromatic rings. The first-order valence-corrected chi connectivity index (χ1v) is 11.1. The normalized spacial score (nSPS) is 10.4. The van der Waals surface area contributed by atoms with E-state index >= 15 is 0 Å². The number of hydrogen-bond acceptors (Lipinski definition) is 3. The van der Waals surface area contributed by atoms with Crippen molar-refractivity contribution in [2.24, 2.45) is 0 Å². The molecule has 1 N–H and O–H groups in total. The summed E-state index contributed by atoms with van der Waals surface area (Å²) >= 11 is 1.48. The topological polar surface area (TPSA) is 49.4 Å². The number of rotatable bonds is 9. The molecule has 2 amide bonds. The van der Waals surface area contributed by atoms with E-state index in [2.05, 4.69) is 12.2 Å². The highest BCUT2D eigenvalue weighted by Crippen LogP contribution is 2.28. The van der Waals surface area contributed by atoms with Gasteiger partial charge in [-0.2, -0.15) is 0 Å². The van der Waals surface area contributed by atoms with E-state index in [1.807, 2.05) is 84.9 Å². The molecule has 0 aromatic heterocycles. The van der Waals surface area contributed by atoms with Crippen molar-refractivity contribution in [2.75, 3.05) is 16.0 Å². The van der Waals surface area contributed by atoms with Crippen LogP contribution in [0.5, 0.6) is 0 Å². The number of amides is 2. The van der Waals surface area contributed by atoms with Gasteiger partial charge in [-0.1, -0.05) is 49.7 Å². The number of anilines is 3. The molecule has 154 valence electrons. The van der Waals surface area contributed by atoms with Crippen molar-refractivity contribution in [3.05, 3.63) is 84.9 Å². The maximum absolute atomic E-state index is 13.1. The Bertz CT molecular complexity index is 904. The summed E-state index contributed by atoms with van der Waals surface area (Å²) in [5.41, 5.74) is 2.47. The molecule has 30 heavy (non-hydrogen) atoms. The fraction of sp³-hybridized carbons (Fsp3) is 0.200. The summed E-state index contributed by atoms with van der Waals surface area (Å²) in [6.07, 6.45) is 2.43. The van der Waals surface area contributed by atoms with Gasteiger partial charge < -0.3 is 5.32 Å². The molecule has 0 saturated heterocycles. The van der Waals surface area contributed by atoms with Crippen LogP contribution in [0.4, 0.5) is 17.1 Å². The van der Waals surface area contributed by atoms with Gasteiger partial charge in [-0.3, -0.25) is 14.5 Å². The molecule has 0 radical (unpaired) electrons. The number of nitrogens with zero attached hydrogens (tertiary/aromatic N) is 1. The predicted octanol–water partition coefficient (Wildman–Crippen LogP) is 6.27. The van der Waals surface area contributed by atoms with Crippen LogP contribution >= 0.6 is 11.8 Å². The molecule has 4 nitrogen and oxygen atoms in total. The molecule has 0 fully saturated rings. The second kappa shape index (κ2) is 11.2. The Morgan fingerprint density at radius 1 is 0.833 bits per heavy atom. The lowest BCUT2D eigenvalue weighted by Crippen LogP contribution is -2.27. The summed E-state index contributed by atoms with van der Waals surface area (Å²) in [7, 11) is 0. The zero-order chi connectivity index (χ0) is 21.2. The molecular weight excluding hydrogens is 392 g/mol. The minimum absolute atomic E-state index is 0.00865. The third kappa shape index (κ3) is 6.22. The third-order valence-electron chi connectivity index (χ3n) is 4.54. The number of hydrogen-bond donors (Lipinski definition) is 1. The molecule has 0 atom stereocenters. The molecule has 0 aliphatic carbocycles. The van der Waals surface area contributed by atoms with Crippen LogP contribution in [0.1, 0.15) is 26.2 Å². The smallest absolute Gasteiger partial charge is 0.241 e. The zero-order valence-electron chi connectivity index (χ0n) is 17.1. The lowest BCUT2D eigenvalue weighted by molar-refractivity contribution is -0.116. The average molecular weight is 419 g/mol. The van der Waals surface area contributed by atoms with Gasteiger partial charge in [0.25, 0.3) is 0 Å². The van der Waals surface area contributed by atoms with Gasteiger partial charge in [0.1, 0.15) is 0 Å². The van der Waals surface area contributed by atoms with E-state index < -0.39 is 0 Å². The van der Waals surface area contributed by atoms with Crippen LogP contribution in [0.15, 0.2) is 89.8 Å². The van der Waals surface area contributed by atoms with Crippen molar-refractivity contribution in [3.63, 3.8) is 0 Å². The number of nitrogens with one attached hydrogen (secondary N) is 1. The van der Waals surface area contributed by atoms with Crippen molar-refractivity contribution < 1.29 is 9.59 Å². The van der Waals surface area contributed by atoms with Gasteiger partial charge in [0.05, 0.1) is 5.75 Å². The van der Waals surface area contributed by atoms with Crippen LogP contribution in [0.25, 0.3) is 0 Å². The van der Waals surface area contributed by atoms with Crippen LogP contribution in [-0.2, 0) is 9.59 Å². The predicted molar refractivity (Wildman–Crippen MR) is 125 cm³/mol. The highest BCUT2D eigenvalue weighted by atomic mass is 32.2. The first-order valence-electron chi connectivity index (χ1n) is 10.1. The van der Waals surface area contributed by atoms with E-state index in [4.69, 9.17) is 0 Å². The molecule has 3 rings (SSSR count). The van der Waals surface area contributed by atoms with Crippen LogP contribution < -0.4 is 10.2 Å².